The molecule has 2 aliphatic rings. The highest BCUT2D eigenvalue weighted by Gasteiger charge is 2.43. The van der Waals surface area contributed by atoms with Gasteiger partial charge in [0.1, 0.15) is 17.2 Å². The van der Waals surface area contributed by atoms with E-state index in [1.165, 1.54) is 10.8 Å². The van der Waals surface area contributed by atoms with E-state index < -0.39 is 46.7 Å². The molecule has 2 amide bonds. The second kappa shape index (κ2) is 7.47. The number of aryl methyl sites for hydroxylation is 1. The Morgan fingerprint density at radius 3 is 2.58 bits per heavy atom. The Morgan fingerprint density at radius 1 is 1.23 bits per heavy atom. The summed E-state index contributed by atoms with van der Waals surface area (Å²) in [5, 5.41) is 12.9. The number of carbonyl (C=O) groups excluding carboxylic acids is 2. The van der Waals surface area contributed by atoms with Crippen LogP contribution in [-0.2, 0) is 12.1 Å². The van der Waals surface area contributed by atoms with Crippen LogP contribution >= 0.6 is 0 Å². The molecule has 1 fully saturated rings. The Hall–Kier alpha value is -3.23. The molecule has 0 radical (unpaired) electrons. The van der Waals surface area contributed by atoms with Crippen LogP contribution in [0.3, 0.4) is 0 Å². The summed E-state index contributed by atoms with van der Waals surface area (Å²) in [5.41, 5.74) is -2.03. The Bertz CT molecular complexity index is 1140. The Morgan fingerprint density at radius 2 is 1.90 bits per heavy atom. The van der Waals surface area contributed by atoms with Crippen molar-refractivity contribution in [3.05, 3.63) is 62.6 Å². The minimum atomic E-state index is -0.995. The molecule has 0 aliphatic carbocycles. The number of nitrogens with one attached hydrogen (secondary N) is 1. The van der Waals surface area contributed by atoms with Crippen LogP contribution in [0.1, 0.15) is 58.2 Å². The Balaban J connectivity index is 1.71. The summed E-state index contributed by atoms with van der Waals surface area (Å²) >= 11 is 0. The fourth-order valence-corrected chi connectivity index (χ4v) is 4.45. The Kier molecular flexibility index (Phi) is 5.07. The summed E-state index contributed by atoms with van der Waals surface area (Å²) in [7, 11) is 0. The number of aromatic nitrogens is 1. The largest absolute Gasteiger partial charge is 0.503 e. The average Bonchev–Trinajstić information content (AvgIpc) is 2.88. The lowest BCUT2D eigenvalue weighted by molar-refractivity contribution is 0.0592. The third-order valence-electron chi connectivity index (χ3n) is 6.14. The molecule has 7 nitrogen and oxygen atoms in total. The third kappa shape index (κ3) is 3.47. The second-order valence-corrected chi connectivity index (χ2v) is 8.51. The lowest BCUT2D eigenvalue weighted by Crippen LogP contribution is -2.52. The zero-order valence-electron chi connectivity index (χ0n) is 17.3. The van der Waals surface area contributed by atoms with Gasteiger partial charge in [-0.05, 0) is 50.8 Å². The number of carbonyl (C=O) groups is 2. The first-order valence-electron chi connectivity index (χ1n) is 10.1. The van der Waals surface area contributed by atoms with Gasteiger partial charge in [0.25, 0.3) is 11.8 Å². The molecule has 2 bridgehead atoms. The van der Waals surface area contributed by atoms with E-state index in [9.17, 15) is 28.3 Å². The van der Waals surface area contributed by atoms with E-state index in [1.54, 1.807) is 11.8 Å². The number of amides is 2. The van der Waals surface area contributed by atoms with Gasteiger partial charge in [-0.1, -0.05) is 0 Å². The lowest BCUT2D eigenvalue weighted by Gasteiger charge is -2.42. The van der Waals surface area contributed by atoms with Gasteiger partial charge in [-0.3, -0.25) is 14.4 Å². The zero-order chi connectivity index (χ0) is 22.5. The molecule has 4 rings (SSSR count). The van der Waals surface area contributed by atoms with E-state index >= 15 is 0 Å². The van der Waals surface area contributed by atoms with E-state index in [0.717, 1.165) is 25.0 Å². The van der Waals surface area contributed by atoms with Gasteiger partial charge in [0.2, 0.25) is 5.43 Å². The number of hydrogen-bond donors (Lipinski definition) is 2. The maximum atomic E-state index is 14.1. The van der Waals surface area contributed by atoms with Gasteiger partial charge < -0.3 is 19.9 Å². The van der Waals surface area contributed by atoms with Crippen LogP contribution in [0, 0.1) is 18.6 Å². The number of fused-ring (bicyclic) bond motifs is 4. The molecule has 164 valence electrons. The lowest BCUT2D eigenvalue weighted by atomic mass is 9.92. The normalized spacial score (nSPS) is 20.3. The number of rotatable bonds is 3. The highest BCUT2D eigenvalue weighted by atomic mass is 19.1. The average molecular weight is 431 g/mol. The summed E-state index contributed by atoms with van der Waals surface area (Å²) in [6.07, 6.45) is 3.63. The van der Waals surface area contributed by atoms with Gasteiger partial charge in [-0.15, -0.1) is 0 Å². The minimum absolute atomic E-state index is 0.132. The topological polar surface area (TPSA) is 91.6 Å². The molecular weight excluding hydrogens is 408 g/mol. The molecule has 0 spiro atoms. The minimum Gasteiger partial charge on any atom is -0.503 e. The van der Waals surface area contributed by atoms with E-state index in [-0.39, 0.29) is 16.8 Å². The SMILES string of the molecule is Cc1cc(F)c(CNC(=O)c2cn3c(c(O)c2=O)C(=O)N2CCCC[C@@]3(C)C2)c(F)c1. The molecule has 2 aliphatic heterocycles. The van der Waals surface area contributed by atoms with Crippen LogP contribution in [0.5, 0.6) is 5.75 Å². The fourth-order valence-electron chi connectivity index (χ4n) is 4.45. The van der Waals surface area contributed by atoms with E-state index in [4.69, 9.17) is 0 Å². The number of benzene rings is 1. The van der Waals surface area contributed by atoms with Crippen molar-refractivity contribution in [1.29, 1.82) is 0 Å². The van der Waals surface area contributed by atoms with Gasteiger partial charge in [0, 0.05) is 31.4 Å². The van der Waals surface area contributed by atoms with E-state index in [0.29, 0.717) is 25.1 Å². The van der Waals surface area contributed by atoms with Crippen molar-refractivity contribution in [2.75, 3.05) is 13.1 Å². The molecule has 2 N–H and O–H groups in total. The number of halogens is 2. The van der Waals surface area contributed by atoms with Gasteiger partial charge in [-0.25, -0.2) is 8.78 Å². The number of pyridine rings is 1. The van der Waals surface area contributed by atoms with Crippen LogP contribution in [0.25, 0.3) is 0 Å². The first-order chi connectivity index (χ1) is 14.6. The predicted octanol–water partition coefficient (Wildman–Crippen LogP) is 2.43. The highest BCUT2D eigenvalue weighted by molar-refractivity contribution is 5.99. The molecule has 9 heteroatoms. The Labute approximate surface area is 177 Å². The summed E-state index contributed by atoms with van der Waals surface area (Å²) < 4.78 is 29.6. The molecule has 1 aromatic carbocycles. The van der Waals surface area contributed by atoms with Crippen molar-refractivity contribution in [3.8, 4) is 5.75 Å². The molecule has 2 aromatic rings. The van der Waals surface area contributed by atoms with Crippen molar-refractivity contribution in [1.82, 2.24) is 14.8 Å². The van der Waals surface area contributed by atoms with Gasteiger partial charge in [-0.2, -0.15) is 0 Å². The molecule has 31 heavy (non-hydrogen) atoms. The van der Waals surface area contributed by atoms with Crippen molar-refractivity contribution in [3.63, 3.8) is 0 Å². The highest BCUT2D eigenvalue weighted by Crippen LogP contribution is 2.36. The summed E-state index contributed by atoms with van der Waals surface area (Å²) in [4.78, 5) is 39.8. The van der Waals surface area contributed by atoms with Crippen LogP contribution < -0.4 is 10.7 Å². The number of nitrogens with zero attached hydrogens (tertiary/aromatic N) is 2. The maximum absolute atomic E-state index is 14.1. The molecule has 1 atom stereocenters. The van der Waals surface area contributed by atoms with Crippen molar-refractivity contribution >= 4 is 11.8 Å². The monoisotopic (exact) mass is 431 g/mol. The first kappa shape index (κ1) is 21.0. The summed E-state index contributed by atoms with van der Waals surface area (Å²) in [6, 6.07) is 2.29. The van der Waals surface area contributed by atoms with E-state index in [2.05, 4.69) is 5.32 Å². The van der Waals surface area contributed by atoms with Crippen LogP contribution in [0.2, 0.25) is 0 Å². The van der Waals surface area contributed by atoms with Gasteiger partial charge in [0.15, 0.2) is 11.4 Å². The molecule has 0 unspecified atom stereocenters. The summed E-state index contributed by atoms with van der Waals surface area (Å²) in [6.45, 7) is 3.93. The van der Waals surface area contributed by atoms with Crippen molar-refractivity contribution < 1.29 is 23.5 Å². The van der Waals surface area contributed by atoms with Crippen molar-refractivity contribution in [2.45, 2.75) is 45.2 Å². The van der Waals surface area contributed by atoms with Gasteiger partial charge in [0.05, 0.1) is 5.54 Å². The standard InChI is InChI=1S/C22H23F2N3O4/c1-12-7-15(23)13(16(24)8-12)9-25-20(30)14-10-27-17(19(29)18(14)28)21(31)26-6-4-3-5-22(27,2)11-26/h7-8,10,29H,3-6,9,11H2,1-2H3,(H,25,30)/t22-/m0/s1. The van der Waals surface area contributed by atoms with Crippen LogP contribution in [-0.4, -0.2) is 39.5 Å². The summed E-state index contributed by atoms with van der Waals surface area (Å²) in [5.74, 6) is -3.74. The molecular formula is C22H23F2N3O4. The maximum Gasteiger partial charge on any atom is 0.274 e. The first-order valence-corrected chi connectivity index (χ1v) is 10.1. The third-order valence-corrected chi connectivity index (χ3v) is 6.14. The molecule has 0 saturated carbocycles. The zero-order valence-corrected chi connectivity index (χ0v) is 17.3. The number of hydrogen-bond acceptors (Lipinski definition) is 4. The van der Waals surface area contributed by atoms with Crippen LogP contribution in [0.15, 0.2) is 23.1 Å². The molecule has 1 aromatic heterocycles. The predicted molar refractivity (Wildman–Crippen MR) is 108 cm³/mol. The fraction of sp³-hybridized carbons (Fsp3) is 0.409. The number of aromatic hydroxyl groups is 1. The quantitative estimate of drug-likeness (QED) is 0.781. The van der Waals surface area contributed by atoms with E-state index in [1.807, 2.05) is 6.92 Å². The second-order valence-electron chi connectivity index (χ2n) is 8.51. The van der Waals surface area contributed by atoms with Crippen molar-refractivity contribution in [2.24, 2.45) is 0 Å². The van der Waals surface area contributed by atoms with Gasteiger partial charge >= 0.3 is 0 Å². The molecule has 3 heterocycles. The van der Waals surface area contributed by atoms with Crippen LogP contribution in [0.4, 0.5) is 8.78 Å². The smallest absolute Gasteiger partial charge is 0.274 e. The molecule has 1 saturated heterocycles.